The van der Waals surface area contributed by atoms with Gasteiger partial charge in [0, 0.05) is 7.05 Å². The molecule has 1 amide bonds. The van der Waals surface area contributed by atoms with Gasteiger partial charge in [0.05, 0.1) is 25.3 Å². The highest BCUT2D eigenvalue weighted by atomic mass is 16.5. The van der Waals surface area contributed by atoms with Gasteiger partial charge in [-0.25, -0.2) is 0 Å². The highest BCUT2D eigenvalue weighted by Gasteiger charge is 2.39. The van der Waals surface area contributed by atoms with Gasteiger partial charge in [0.1, 0.15) is 17.6 Å². The summed E-state index contributed by atoms with van der Waals surface area (Å²) in [4.78, 5) is 16.7. The number of likely N-dealkylation sites (N-methyl/N-ethyl adjacent to an activating group) is 1. The summed E-state index contributed by atoms with van der Waals surface area (Å²) in [5.74, 6) is 1.73. The Hall–Kier alpha value is -2.69. The number of hydrogen-bond acceptors (Lipinski definition) is 4. The first-order valence-corrected chi connectivity index (χ1v) is 9.16. The molecule has 2 aliphatic heterocycles. The van der Waals surface area contributed by atoms with E-state index in [0.717, 1.165) is 23.6 Å². The van der Waals surface area contributed by atoms with E-state index in [1.165, 1.54) is 5.56 Å². The average molecular weight is 352 g/mol. The van der Waals surface area contributed by atoms with Gasteiger partial charge in [-0.1, -0.05) is 37.3 Å². The van der Waals surface area contributed by atoms with Gasteiger partial charge in [-0.2, -0.15) is 0 Å². The van der Waals surface area contributed by atoms with Crippen LogP contribution in [0.2, 0.25) is 0 Å². The molecule has 1 atom stereocenters. The minimum absolute atomic E-state index is 0.0370. The van der Waals surface area contributed by atoms with Crippen LogP contribution in [-0.4, -0.2) is 49.7 Å². The first-order chi connectivity index (χ1) is 12.7. The maximum absolute atomic E-state index is 12.8. The second kappa shape index (κ2) is 6.90. The Morgan fingerprint density at radius 2 is 1.85 bits per heavy atom. The third kappa shape index (κ3) is 3.09. The van der Waals surface area contributed by atoms with E-state index < -0.39 is 6.10 Å². The molecule has 26 heavy (non-hydrogen) atoms. The standard InChI is InChI=1S/C21H24N2O3/c1-3-15-8-4-6-10-18(15)25-16-12-23(13-16)21(24)20-14-22(2)17-9-5-7-11-19(17)26-20/h4-11,16,20H,3,12-14H2,1-2H3/t20-/m0/s1. The predicted molar refractivity (Wildman–Crippen MR) is 101 cm³/mol. The Kier molecular flexibility index (Phi) is 4.45. The molecule has 0 bridgehead atoms. The van der Waals surface area contributed by atoms with Crippen molar-refractivity contribution in [1.29, 1.82) is 0 Å². The van der Waals surface area contributed by atoms with Crippen molar-refractivity contribution in [3.8, 4) is 11.5 Å². The van der Waals surface area contributed by atoms with E-state index in [1.54, 1.807) is 0 Å². The third-order valence-corrected chi connectivity index (χ3v) is 5.07. The molecular weight excluding hydrogens is 328 g/mol. The summed E-state index contributed by atoms with van der Waals surface area (Å²) in [6.07, 6.45) is 0.534. The number of aryl methyl sites for hydroxylation is 1. The first kappa shape index (κ1) is 16.8. The fourth-order valence-electron chi connectivity index (χ4n) is 3.52. The van der Waals surface area contributed by atoms with Gasteiger partial charge in [0.2, 0.25) is 0 Å². The number of hydrogen-bond donors (Lipinski definition) is 0. The maximum Gasteiger partial charge on any atom is 0.265 e. The summed E-state index contributed by atoms with van der Waals surface area (Å²) >= 11 is 0. The summed E-state index contributed by atoms with van der Waals surface area (Å²) in [5, 5.41) is 0. The van der Waals surface area contributed by atoms with Gasteiger partial charge < -0.3 is 19.3 Å². The van der Waals surface area contributed by atoms with Crippen LogP contribution in [0.25, 0.3) is 0 Å². The molecule has 2 aliphatic rings. The van der Waals surface area contributed by atoms with Crippen LogP contribution in [0, 0.1) is 0 Å². The number of fused-ring (bicyclic) bond motifs is 1. The van der Waals surface area contributed by atoms with E-state index in [9.17, 15) is 4.79 Å². The highest BCUT2D eigenvalue weighted by Crippen LogP contribution is 2.33. The molecule has 5 heteroatoms. The zero-order valence-electron chi connectivity index (χ0n) is 15.2. The van der Waals surface area contributed by atoms with Crippen LogP contribution >= 0.6 is 0 Å². The summed E-state index contributed by atoms with van der Waals surface area (Å²) in [6, 6.07) is 15.9. The average Bonchev–Trinajstić information content (AvgIpc) is 2.64. The first-order valence-electron chi connectivity index (χ1n) is 9.16. The summed E-state index contributed by atoms with van der Waals surface area (Å²) < 4.78 is 12.0. The molecule has 0 unspecified atom stereocenters. The lowest BCUT2D eigenvalue weighted by molar-refractivity contribution is -0.147. The van der Waals surface area contributed by atoms with E-state index in [4.69, 9.17) is 9.47 Å². The van der Waals surface area contributed by atoms with Gasteiger partial charge in [0.15, 0.2) is 6.10 Å². The molecule has 5 nitrogen and oxygen atoms in total. The largest absolute Gasteiger partial charge is 0.486 e. The smallest absolute Gasteiger partial charge is 0.265 e. The number of carbonyl (C=O) groups is 1. The summed E-state index contributed by atoms with van der Waals surface area (Å²) in [5.41, 5.74) is 2.23. The van der Waals surface area contributed by atoms with E-state index in [2.05, 4.69) is 17.9 Å². The van der Waals surface area contributed by atoms with Crippen molar-refractivity contribution < 1.29 is 14.3 Å². The third-order valence-electron chi connectivity index (χ3n) is 5.07. The van der Waals surface area contributed by atoms with Gasteiger partial charge in [0.25, 0.3) is 5.91 Å². The monoisotopic (exact) mass is 352 g/mol. The Balaban J connectivity index is 1.35. The van der Waals surface area contributed by atoms with E-state index in [-0.39, 0.29) is 12.0 Å². The van der Waals surface area contributed by atoms with Gasteiger partial charge in [-0.15, -0.1) is 0 Å². The number of likely N-dealkylation sites (tertiary alicyclic amines) is 1. The molecule has 136 valence electrons. The van der Waals surface area contributed by atoms with Crippen molar-refractivity contribution in [3.05, 3.63) is 54.1 Å². The SMILES string of the molecule is CCc1ccccc1OC1CN(C(=O)[C@@H]2CN(C)c3ccccc3O2)C1. The maximum atomic E-state index is 12.8. The molecular formula is C21H24N2O3. The van der Waals surface area contributed by atoms with E-state index in [0.29, 0.717) is 19.6 Å². The number of ether oxygens (including phenoxy) is 2. The van der Waals surface area contributed by atoms with Gasteiger partial charge in [-0.05, 0) is 30.2 Å². The molecule has 0 N–H and O–H groups in total. The van der Waals surface area contributed by atoms with Crippen molar-refractivity contribution in [3.63, 3.8) is 0 Å². The van der Waals surface area contributed by atoms with Crippen LogP contribution in [0.4, 0.5) is 5.69 Å². The molecule has 2 aromatic carbocycles. The number of anilines is 1. The van der Waals surface area contributed by atoms with Gasteiger partial charge >= 0.3 is 0 Å². The zero-order valence-corrected chi connectivity index (χ0v) is 15.2. The molecule has 1 fully saturated rings. The van der Waals surface area contributed by atoms with Crippen molar-refractivity contribution >= 4 is 11.6 Å². The van der Waals surface area contributed by atoms with Gasteiger partial charge in [-0.3, -0.25) is 4.79 Å². The number of para-hydroxylation sites is 3. The molecule has 0 aliphatic carbocycles. The number of carbonyl (C=O) groups excluding carboxylic acids is 1. The molecule has 0 aromatic heterocycles. The Bertz CT molecular complexity index is 801. The Morgan fingerprint density at radius 1 is 1.12 bits per heavy atom. The van der Waals surface area contributed by atoms with Crippen molar-refractivity contribution in [1.82, 2.24) is 4.90 Å². The zero-order chi connectivity index (χ0) is 18.1. The van der Waals surface area contributed by atoms with Crippen molar-refractivity contribution in [2.75, 3.05) is 31.6 Å². The van der Waals surface area contributed by atoms with Crippen LogP contribution in [0.15, 0.2) is 48.5 Å². The number of benzene rings is 2. The van der Waals surface area contributed by atoms with Crippen LogP contribution < -0.4 is 14.4 Å². The molecule has 2 heterocycles. The van der Waals surface area contributed by atoms with E-state index in [1.807, 2.05) is 54.4 Å². The van der Waals surface area contributed by atoms with Crippen molar-refractivity contribution in [2.45, 2.75) is 25.6 Å². The topological polar surface area (TPSA) is 42.0 Å². The minimum atomic E-state index is -0.459. The van der Waals surface area contributed by atoms with Crippen LogP contribution in [0.1, 0.15) is 12.5 Å². The number of nitrogens with zero attached hydrogens (tertiary/aromatic N) is 2. The fraction of sp³-hybridized carbons (Fsp3) is 0.381. The summed E-state index contributed by atoms with van der Waals surface area (Å²) in [7, 11) is 1.99. The van der Waals surface area contributed by atoms with Crippen LogP contribution in [0.3, 0.4) is 0 Å². The van der Waals surface area contributed by atoms with Crippen LogP contribution in [0.5, 0.6) is 11.5 Å². The Labute approximate surface area is 154 Å². The quantitative estimate of drug-likeness (QED) is 0.849. The molecule has 0 saturated carbocycles. The second-order valence-corrected chi connectivity index (χ2v) is 6.90. The lowest BCUT2D eigenvalue weighted by atomic mass is 10.1. The van der Waals surface area contributed by atoms with Crippen LogP contribution in [-0.2, 0) is 11.2 Å². The molecule has 0 radical (unpaired) electrons. The fourth-order valence-corrected chi connectivity index (χ4v) is 3.52. The molecule has 4 rings (SSSR count). The molecule has 1 saturated heterocycles. The predicted octanol–water partition coefficient (Wildman–Crippen LogP) is 2.74. The highest BCUT2D eigenvalue weighted by molar-refractivity contribution is 5.84. The molecule has 0 spiro atoms. The minimum Gasteiger partial charge on any atom is -0.486 e. The second-order valence-electron chi connectivity index (χ2n) is 6.90. The van der Waals surface area contributed by atoms with Crippen molar-refractivity contribution in [2.24, 2.45) is 0 Å². The number of rotatable bonds is 4. The lowest BCUT2D eigenvalue weighted by Gasteiger charge is -2.42. The summed E-state index contributed by atoms with van der Waals surface area (Å²) in [6.45, 7) is 3.91. The molecule has 2 aromatic rings. The lowest BCUT2D eigenvalue weighted by Crippen LogP contribution is -2.61. The van der Waals surface area contributed by atoms with E-state index >= 15 is 0 Å². The number of amides is 1. The normalized spacial score (nSPS) is 19.4. The Morgan fingerprint density at radius 3 is 2.65 bits per heavy atom.